The molecule has 2 aliphatic rings. The molecule has 56 heavy (non-hydrogen) atoms. The topological polar surface area (TPSA) is 138 Å². The number of rotatable bonds is 10. The van der Waals surface area contributed by atoms with Crippen molar-refractivity contribution in [3.05, 3.63) is 114 Å². The zero-order valence-corrected chi connectivity index (χ0v) is 31.0. The summed E-state index contributed by atoms with van der Waals surface area (Å²) in [6.45, 7) is 4.82. The van der Waals surface area contributed by atoms with Gasteiger partial charge in [0.15, 0.2) is 0 Å². The number of aryl methyl sites for hydroxylation is 1. The maximum absolute atomic E-state index is 15.0. The molecule has 15 heteroatoms. The minimum absolute atomic E-state index is 0.0600. The minimum Gasteiger partial charge on any atom is -0.464 e. The van der Waals surface area contributed by atoms with Crippen LogP contribution in [0.3, 0.4) is 0 Å². The molecule has 2 N–H and O–H groups in total. The predicted octanol–water partition coefficient (Wildman–Crippen LogP) is 7.46. The second-order valence-corrected chi connectivity index (χ2v) is 14.1. The SMILES string of the molecule is CCOC(=O)[C@@H]1CC2(CCN(c3cc(O[C@H](c4ccc(-c5ccccc5)cc4-n4ccc(C)n4)C(F)(F)F)nc(N)n3)CC2)CN1C(=O)OCc1ccccc1. The Labute approximate surface area is 322 Å². The molecule has 1 amide bonds. The van der Waals surface area contributed by atoms with E-state index in [9.17, 15) is 22.8 Å². The second-order valence-electron chi connectivity index (χ2n) is 14.1. The van der Waals surface area contributed by atoms with Crippen molar-refractivity contribution in [2.75, 3.05) is 36.9 Å². The Balaban J connectivity index is 1.10. The number of piperidine rings is 1. The third-order valence-corrected chi connectivity index (χ3v) is 10.3. The van der Waals surface area contributed by atoms with Gasteiger partial charge in [0, 0.05) is 37.5 Å². The van der Waals surface area contributed by atoms with E-state index in [0.717, 1.165) is 11.1 Å². The zero-order valence-electron chi connectivity index (χ0n) is 31.0. The summed E-state index contributed by atoms with van der Waals surface area (Å²) in [5, 5.41) is 4.41. The molecule has 2 aromatic heterocycles. The van der Waals surface area contributed by atoms with Crippen LogP contribution in [0, 0.1) is 12.3 Å². The van der Waals surface area contributed by atoms with Crippen LogP contribution in [0.4, 0.5) is 29.7 Å². The average Bonchev–Trinajstić information content (AvgIpc) is 3.80. The van der Waals surface area contributed by atoms with E-state index in [0.29, 0.717) is 49.4 Å². The highest BCUT2D eigenvalue weighted by Gasteiger charge is 2.51. The van der Waals surface area contributed by atoms with Crippen molar-refractivity contribution in [1.29, 1.82) is 0 Å². The summed E-state index contributed by atoms with van der Waals surface area (Å²) in [5.41, 5.74) is 8.67. The van der Waals surface area contributed by atoms with Gasteiger partial charge in [0.05, 0.1) is 18.0 Å². The summed E-state index contributed by atoms with van der Waals surface area (Å²) in [6, 6.07) is 25.5. The molecule has 0 unspecified atom stereocenters. The van der Waals surface area contributed by atoms with Crippen LogP contribution >= 0.6 is 0 Å². The number of carbonyl (C=O) groups excluding carboxylic acids is 2. The van der Waals surface area contributed by atoms with Gasteiger partial charge in [-0.1, -0.05) is 72.8 Å². The molecule has 2 aliphatic heterocycles. The first-order valence-electron chi connectivity index (χ1n) is 18.4. The highest BCUT2D eigenvalue weighted by Crippen LogP contribution is 2.45. The molecule has 292 valence electrons. The number of nitrogens with zero attached hydrogens (tertiary/aromatic N) is 6. The lowest BCUT2D eigenvalue weighted by atomic mass is 9.76. The molecule has 5 aromatic rings. The van der Waals surface area contributed by atoms with Crippen LogP contribution in [0.5, 0.6) is 5.88 Å². The molecular formula is C41H42F3N7O5. The number of halogens is 3. The number of ether oxygens (including phenoxy) is 3. The van der Waals surface area contributed by atoms with Crippen molar-refractivity contribution in [3.63, 3.8) is 0 Å². The molecule has 2 atom stereocenters. The molecule has 2 fully saturated rings. The number of aromatic nitrogens is 4. The van der Waals surface area contributed by atoms with Crippen molar-refractivity contribution in [2.24, 2.45) is 5.41 Å². The fourth-order valence-electron chi connectivity index (χ4n) is 7.48. The van der Waals surface area contributed by atoms with Gasteiger partial charge in [-0.05, 0) is 67.3 Å². The van der Waals surface area contributed by atoms with E-state index in [1.54, 1.807) is 38.2 Å². The molecule has 7 rings (SSSR count). The van der Waals surface area contributed by atoms with Crippen LogP contribution < -0.4 is 15.4 Å². The van der Waals surface area contributed by atoms with Crippen LogP contribution in [0.25, 0.3) is 16.8 Å². The Morgan fingerprint density at radius 2 is 1.64 bits per heavy atom. The highest BCUT2D eigenvalue weighted by molar-refractivity contribution is 5.82. The summed E-state index contributed by atoms with van der Waals surface area (Å²) in [5.74, 6) is -0.796. The van der Waals surface area contributed by atoms with Gasteiger partial charge in [-0.25, -0.2) is 14.3 Å². The van der Waals surface area contributed by atoms with Crippen molar-refractivity contribution in [2.45, 2.75) is 58.0 Å². The molecule has 1 spiro atoms. The predicted molar refractivity (Wildman–Crippen MR) is 202 cm³/mol. The lowest BCUT2D eigenvalue weighted by Gasteiger charge is -2.39. The number of nitrogens with two attached hydrogens (primary N) is 1. The van der Waals surface area contributed by atoms with E-state index in [4.69, 9.17) is 19.9 Å². The summed E-state index contributed by atoms with van der Waals surface area (Å²) < 4.78 is 63.0. The zero-order chi connectivity index (χ0) is 39.5. The lowest BCUT2D eigenvalue weighted by Crippen LogP contribution is -2.43. The number of esters is 1. The highest BCUT2D eigenvalue weighted by atomic mass is 19.4. The molecule has 0 saturated carbocycles. The first-order valence-corrected chi connectivity index (χ1v) is 18.4. The van der Waals surface area contributed by atoms with Crippen LogP contribution in [-0.2, 0) is 20.9 Å². The first kappa shape index (κ1) is 38.2. The number of nitrogen functional groups attached to an aromatic ring is 1. The molecule has 12 nitrogen and oxygen atoms in total. The second kappa shape index (κ2) is 15.9. The van der Waals surface area contributed by atoms with Crippen molar-refractivity contribution < 1.29 is 37.0 Å². The number of hydrogen-bond donors (Lipinski definition) is 1. The number of alkyl halides is 3. The largest absolute Gasteiger partial charge is 0.464 e. The number of likely N-dealkylation sites (tertiary alicyclic amines) is 1. The van der Waals surface area contributed by atoms with E-state index < -0.39 is 35.8 Å². The van der Waals surface area contributed by atoms with Crippen molar-refractivity contribution >= 4 is 23.8 Å². The van der Waals surface area contributed by atoms with E-state index in [1.807, 2.05) is 65.6 Å². The maximum Gasteiger partial charge on any atom is 0.429 e. The van der Waals surface area contributed by atoms with Crippen molar-refractivity contribution in [3.8, 4) is 22.7 Å². The van der Waals surface area contributed by atoms with Gasteiger partial charge in [0.25, 0.3) is 0 Å². The Kier molecular flexibility index (Phi) is 10.9. The van der Waals surface area contributed by atoms with Gasteiger partial charge in [0.1, 0.15) is 18.5 Å². The molecule has 4 heterocycles. The summed E-state index contributed by atoms with van der Waals surface area (Å²) in [6.07, 6.45) is -4.79. The van der Waals surface area contributed by atoms with Gasteiger partial charge in [0.2, 0.25) is 17.9 Å². The molecule has 0 radical (unpaired) electrons. The van der Waals surface area contributed by atoms with Gasteiger partial charge in [-0.15, -0.1) is 0 Å². The smallest absolute Gasteiger partial charge is 0.429 e. The normalized spacial score (nSPS) is 17.1. The minimum atomic E-state index is -4.85. The van der Waals surface area contributed by atoms with Gasteiger partial charge in [-0.3, -0.25) is 4.90 Å². The summed E-state index contributed by atoms with van der Waals surface area (Å²) >= 11 is 0. The number of amides is 1. The Hall–Kier alpha value is -6.12. The molecular weight excluding hydrogens is 727 g/mol. The Bertz CT molecular complexity index is 2160. The summed E-state index contributed by atoms with van der Waals surface area (Å²) in [4.78, 5) is 38.1. The third-order valence-electron chi connectivity index (χ3n) is 10.3. The van der Waals surface area contributed by atoms with E-state index in [2.05, 4.69) is 15.1 Å². The van der Waals surface area contributed by atoms with E-state index in [-0.39, 0.29) is 42.8 Å². The van der Waals surface area contributed by atoms with Gasteiger partial charge >= 0.3 is 18.2 Å². The fraction of sp³-hybridized carbons (Fsp3) is 0.341. The lowest BCUT2D eigenvalue weighted by molar-refractivity contribution is -0.198. The number of anilines is 2. The van der Waals surface area contributed by atoms with Gasteiger partial charge < -0.3 is 24.8 Å². The third kappa shape index (κ3) is 8.41. The Morgan fingerprint density at radius 3 is 2.30 bits per heavy atom. The van der Waals surface area contributed by atoms with Gasteiger partial charge in [-0.2, -0.15) is 28.2 Å². The maximum atomic E-state index is 15.0. The van der Waals surface area contributed by atoms with Crippen LogP contribution in [0.1, 0.15) is 49.1 Å². The summed E-state index contributed by atoms with van der Waals surface area (Å²) in [7, 11) is 0. The molecule has 0 bridgehead atoms. The standard InChI is InChI=1S/C41H42F3N7O5/c1-3-54-37(52)33-24-40(26-50(33)39(53)55-25-28-10-6-4-7-11-28)17-20-49(21-18-40)34-23-35(47-38(45)46-34)56-36(41(42,43)44)31-15-14-30(29-12-8-5-9-13-29)22-32(31)51-19-16-27(2)48-51/h4-16,19,22-23,33,36H,3,17-18,20-21,24-26H2,1-2H3,(H2,45,46,47)/t33-,36+/m0/s1. The van der Waals surface area contributed by atoms with Crippen LogP contribution in [0.15, 0.2) is 97.2 Å². The van der Waals surface area contributed by atoms with Crippen LogP contribution in [-0.4, -0.2) is 75.2 Å². The van der Waals surface area contributed by atoms with Crippen LogP contribution in [0.2, 0.25) is 0 Å². The molecule has 3 aromatic carbocycles. The monoisotopic (exact) mass is 769 g/mol. The average molecular weight is 770 g/mol. The fourth-order valence-corrected chi connectivity index (χ4v) is 7.48. The quantitative estimate of drug-likeness (QED) is 0.143. The number of benzene rings is 3. The van der Waals surface area contributed by atoms with Crippen molar-refractivity contribution in [1.82, 2.24) is 24.6 Å². The first-order chi connectivity index (χ1) is 26.9. The van der Waals surface area contributed by atoms with E-state index >= 15 is 0 Å². The number of carbonyl (C=O) groups is 2. The Morgan fingerprint density at radius 1 is 0.929 bits per heavy atom. The molecule has 2 saturated heterocycles. The number of hydrogen-bond acceptors (Lipinski definition) is 10. The molecule has 0 aliphatic carbocycles. The van der Waals surface area contributed by atoms with E-state index in [1.165, 1.54) is 21.7 Å².